The lowest BCUT2D eigenvalue weighted by Gasteiger charge is -1.96. The third-order valence-corrected chi connectivity index (χ3v) is 1.12. The Bertz CT molecular complexity index is 141. The van der Waals surface area contributed by atoms with Crippen molar-refractivity contribution in [3.05, 3.63) is 4.91 Å². The maximum Gasteiger partial charge on any atom is 0.142 e. The molecule has 0 unspecified atom stereocenters. The molecule has 0 fully saturated rings. The van der Waals surface area contributed by atoms with Gasteiger partial charge in [-0.3, -0.25) is 0 Å². The van der Waals surface area contributed by atoms with Gasteiger partial charge in [0.15, 0.2) is 0 Å². The summed E-state index contributed by atoms with van der Waals surface area (Å²) in [5.74, 6) is 6.23. The summed E-state index contributed by atoms with van der Waals surface area (Å²) in [5.41, 5.74) is 0. The zero-order chi connectivity index (χ0) is 7.82. The fraction of sp³-hybridized carbons (Fsp3) is 0.750. The van der Waals surface area contributed by atoms with Crippen LogP contribution in [0, 0.1) is 22.7 Å². The topological polar surface area (TPSA) is 29.4 Å². The number of nitrogens with zero attached hydrogens (tertiary/aromatic N) is 1. The molecule has 0 rings (SSSR count). The second-order valence-electron chi connectivity index (χ2n) is 2.57. The van der Waals surface area contributed by atoms with E-state index in [1.807, 2.05) is 0 Å². The van der Waals surface area contributed by atoms with Crippen molar-refractivity contribution in [1.82, 2.24) is 0 Å². The first kappa shape index (κ1) is 9.16. The van der Waals surface area contributed by atoms with Crippen LogP contribution in [0.2, 0.25) is 0 Å². The van der Waals surface area contributed by atoms with E-state index in [9.17, 15) is 4.91 Å². The molecule has 2 heteroatoms. The van der Waals surface area contributed by atoms with Gasteiger partial charge in [0, 0.05) is 6.42 Å². The van der Waals surface area contributed by atoms with Crippen molar-refractivity contribution < 1.29 is 0 Å². The summed E-state index contributed by atoms with van der Waals surface area (Å²) in [6, 6.07) is 0. The van der Waals surface area contributed by atoms with E-state index in [1.165, 1.54) is 0 Å². The monoisotopic (exact) mass is 139 g/mol. The van der Waals surface area contributed by atoms with Crippen LogP contribution in [0.25, 0.3) is 0 Å². The Morgan fingerprint density at radius 2 is 2.10 bits per heavy atom. The van der Waals surface area contributed by atoms with Gasteiger partial charge in [0.05, 0.1) is 0 Å². The summed E-state index contributed by atoms with van der Waals surface area (Å²) in [6.07, 6.45) is 1.99. The number of nitroso groups, excluding NO2 is 1. The first-order chi connectivity index (χ1) is 4.77. The average molecular weight is 139 g/mol. The van der Waals surface area contributed by atoms with E-state index in [-0.39, 0.29) is 6.54 Å². The van der Waals surface area contributed by atoms with Crippen molar-refractivity contribution in [2.75, 3.05) is 6.54 Å². The minimum absolute atomic E-state index is 0.137. The molecule has 0 aromatic carbocycles. The van der Waals surface area contributed by atoms with Crippen molar-refractivity contribution in [2.45, 2.75) is 26.7 Å². The largest absolute Gasteiger partial charge is 0.150 e. The van der Waals surface area contributed by atoms with Gasteiger partial charge in [-0.25, -0.2) is 0 Å². The Hall–Kier alpha value is -0.840. The van der Waals surface area contributed by atoms with E-state index < -0.39 is 0 Å². The molecule has 0 heterocycles. The minimum Gasteiger partial charge on any atom is -0.150 e. The van der Waals surface area contributed by atoms with Crippen LogP contribution in [0.15, 0.2) is 5.18 Å². The molecular formula is C8H13NO. The van der Waals surface area contributed by atoms with Gasteiger partial charge in [-0.15, -0.1) is 10.8 Å². The standard InChI is InChI=1S/C8H13NO/c1-8(2)6-4-3-5-7-9-10/h8H,4,6-7H2,1-2H3. The average Bonchev–Trinajstić information content (AvgIpc) is 1.87. The number of rotatable bonds is 3. The Morgan fingerprint density at radius 1 is 1.40 bits per heavy atom. The zero-order valence-corrected chi connectivity index (χ0v) is 6.55. The third kappa shape index (κ3) is 7.16. The summed E-state index contributed by atoms with van der Waals surface area (Å²) in [7, 11) is 0. The highest BCUT2D eigenvalue weighted by atomic mass is 16.3. The molecule has 56 valence electrons. The van der Waals surface area contributed by atoms with E-state index in [0.717, 1.165) is 12.8 Å². The van der Waals surface area contributed by atoms with Crippen LogP contribution in [0.5, 0.6) is 0 Å². The van der Waals surface area contributed by atoms with Gasteiger partial charge in [-0.05, 0) is 12.3 Å². The third-order valence-electron chi connectivity index (χ3n) is 1.12. The molecule has 0 saturated carbocycles. The molecule has 0 atom stereocenters. The van der Waals surface area contributed by atoms with Crippen molar-refractivity contribution in [1.29, 1.82) is 0 Å². The van der Waals surface area contributed by atoms with Crippen molar-refractivity contribution in [3.8, 4) is 11.8 Å². The van der Waals surface area contributed by atoms with E-state index >= 15 is 0 Å². The fourth-order valence-electron chi connectivity index (χ4n) is 0.537. The molecule has 0 aromatic heterocycles. The molecule has 0 bridgehead atoms. The highest BCUT2D eigenvalue weighted by Gasteiger charge is 1.88. The second-order valence-corrected chi connectivity index (χ2v) is 2.57. The Balaban J connectivity index is 3.19. The predicted octanol–water partition coefficient (Wildman–Crippen LogP) is 2.19. The van der Waals surface area contributed by atoms with E-state index in [1.54, 1.807) is 0 Å². The smallest absolute Gasteiger partial charge is 0.142 e. The van der Waals surface area contributed by atoms with Gasteiger partial charge in [0.25, 0.3) is 0 Å². The van der Waals surface area contributed by atoms with Gasteiger partial charge in [-0.2, -0.15) is 0 Å². The summed E-state index contributed by atoms with van der Waals surface area (Å²) in [5, 5.41) is 2.63. The molecule has 0 amide bonds. The summed E-state index contributed by atoms with van der Waals surface area (Å²) in [6.45, 7) is 4.44. The lowest BCUT2D eigenvalue weighted by Crippen LogP contribution is -1.84. The van der Waals surface area contributed by atoms with E-state index in [2.05, 4.69) is 30.9 Å². The number of hydrogen-bond acceptors (Lipinski definition) is 2. The molecule has 0 aliphatic carbocycles. The highest BCUT2D eigenvalue weighted by Crippen LogP contribution is 2.01. The molecule has 0 N–H and O–H groups in total. The van der Waals surface area contributed by atoms with Crippen LogP contribution in [-0.2, 0) is 0 Å². The molecule has 10 heavy (non-hydrogen) atoms. The fourth-order valence-corrected chi connectivity index (χ4v) is 0.537. The van der Waals surface area contributed by atoms with Crippen LogP contribution in [0.4, 0.5) is 0 Å². The quantitative estimate of drug-likeness (QED) is 0.435. The molecule has 0 spiro atoms. The number of hydrogen-bond donors (Lipinski definition) is 0. The van der Waals surface area contributed by atoms with Crippen LogP contribution in [-0.4, -0.2) is 6.54 Å². The molecular weight excluding hydrogens is 126 g/mol. The van der Waals surface area contributed by atoms with Gasteiger partial charge in [0.2, 0.25) is 0 Å². The van der Waals surface area contributed by atoms with Crippen LogP contribution in [0.1, 0.15) is 26.7 Å². The second kappa shape index (κ2) is 6.28. The molecule has 0 aromatic rings. The Kier molecular flexibility index (Phi) is 5.75. The first-order valence-electron chi connectivity index (χ1n) is 3.52. The normalized spacial score (nSPS) is 8.70. The predicted molar refractivity (Wildman–Crippen MR) is 42.5 cm³/mol. The van der Waals surface area contributed by atoms with Crippen LogP contribution in [0.3, 0.4) is 0 Å². The molecule has 2 nitrogen and oxygen atoms in total. The van der Waals surface area contributed by atoms with Gasteiger partial charge >= 0.3 is 0 Å². The van der Waals surface area contributed by atoms with Crippen molar-refractivity contribution in [2.24, 2.45) is 11.1 Å². The Labute approximate surface area is 62.0 Å². The van der Waals surface area contributed by atoms with Crippen LogP contribution >= 0.6 is 0 Å². The zero-order valence-electron chi connectivity index (χ0n) is 6.55. The SMILES string of the molecule is CC(C)CCC#CCN=O. The molecule has 0 aliphatic rings. The highest BCUT2D eigenvalue weighted by molar-refractivity contribution is 5.00. The minimum atomic E-state index is 0.137. The van der Waals surface area contributed by atoms with Crippen molar-refractivity contribution in [3.63, 3.8) is 0 Å². The summed E-state index contributed by atoms with van der Waals surface area (Å²) in [4.78, 5) is 9.55. The van der Waals surface area contributed by atoms with E-state index in [0.29, 0.717) is 5.92 Å². The molecule has 0 radical (unpaired) electrons. The summed E-state index contributed by atoms with van der Waals surface area (Å²) < 4.78 is 0. The van der Waals surface area contributed by atoms with Gasteiger partial charge in [0.1, 0.15) is 6.54 Å². The first-order valence-corrected chi connectivity index (χ1v) is 3.52. The maximum absolute atomic E-state index is 9.55. The maximum atomic E-state index is 9.55. The van der Waals surface area contributed by atoms with Gasteiger partial charge < -0.3 is 0 Å². The molecule has 0 aliphatic heterocycles. The lowest BCUT2D eigenvalue weighted by atomic mass is 10.1. The van der Waals surface area contributed by atoms with E-state index in [4.69, 9.17) is 0 Å². The van der Waals surface area contributed by atoms with Crippen LogP contribution < -0.4 is 0 Å². The summed E-state index contributed by atoms with van der Waals surface area (Å²) >= 11 is 0. The molecule has 0 saturated heterocycles. The van der Waals surface area contributed by atoms with Gasteiger partial charge in [-0.1, -0.05) is 24.9 Å². The lowest BCUT2D eigenvalue weighted by molar-refractivity contribution is 0.599. The van der Waals surface area contributed by atoms with Crippen molar-refractivity contribution >= 4 is 0 Å². The Morgan fingerprint density at radius 3 is 2.60 bits per heavy atom.